The summed E-state index contributed by atoms with van der Waals surface area (Å²) in [5.41, 5.74) is 6.04. The van der Waals surface area contributed by atoms with Crippen LogP contribution in [0.15, 0.2) is 4.76 Å². The minimum absolute atomic E-state index is 0.188. The molecular formula is C20H39N3O11P+. The fourth-order valence-corrected chi connectivity index (χ4v) is 3.52. The zero-order valence-corrected chi connectivity index (χ0v) is 22.1. The monoisotopic (exact) mass is 528 g/mol. The molecule has 0 saturated carbocycles. The minimum Gasteiger partial charge on any atom is -0.434 e. The number of ether oxygens (including phenoxy) is 4. The molecule has 0 aliphatic rings. The van der Waals surface area contributed by atoms with Gasteiger partial charge in [-0.15, -0.1) is 4.76 Å². The highest BCUT2D eigenvalue weighted by Crippen LogP contribution is 2.50. The number of carbonyl (C=O) groups is 3. The lowest BCUT2D eigenvalue weighted by Crippen LogP contribution is -2.54. The van der Waals surface area contributed by atoms with E-state index in [1.54, 1.807) is 0 Å². The molecule has 14 nitrogen and oxygen atoms in total. The largest absolute Gasteiger partial charge is 0.508 e. The highest BCUT2D eigenvalue weighted by molar-refractivity contribution is 7.52. The first-order chi connectivity index (χ1) is 16.5. The fraction of sp³-hybridized carbons (Fsp3) is 0.800. The van der Waals surface area contributed by atoms with Crippen molar-refractivity contribution >= 4 is 32.0 Å². The van der Waals surface area contributed by atoms with Crippen LogP contribution in [0.25, 0.3) is 0 Å². The third-order valence-electron chi connectivity index (χ3n) is 3.94. The number of nitrogens with zero attached hydrogens (tertiary/aromatic N) is 2. The van der Waals surface area contributed by atoms with Gasteiger partial charge >= 0.3 is 32.0 Å². The van der Waals surface area contributed by atoms with Crippen molar-refractivity contribution in [2.45, 2.75) is 53.4 Å². The number of rotatable bonds is 16. The van der Waals surface area contributed by atoms with Crippen molar-refractivity contribution < 1.29 is 56.4 Å². The summed E-state index contributed by atoms with van der Waals surface area (Å²) in [4.78, 5) is 39.7. The van der Waals surface area contributed by atoms with E-state index in [2.05, 4.69) is 4.76 Å². The first kappa shape index (κ1) is 32.6. The smallest absolute Gasteiger partial charge is 0.434 e. The number of unbranched alkanes of at least 4 members (excludes halogenated alkanes) is 1. The second-order valence-corrected chi connectivity index (χ2v) is 8.90. The lowest BCUT2D eigenvalue weighted by atomic mass is 10.3. The van der Waals surface area contributed by atoms with Gasteiger partial charge in [-0.1, -0.05) is 31.8 Å². The Morgan fingerprint density at radius 1 is 0.800 bits per heavy atom. The summed E-state index contributed by atoms with van der Waals surface area (Å²) in [5.74, 6) is -0.972. The highest BCUT2D eigenvalue weighted by atomic mass is 31.2. The lowest BCUT2D eigenvalue weighted by Gasteiger charge is -2.28. The Morgan fingerprint density at radius 3 is 1.66 bits per heavy atom. The summed E-state index contributed by atoms with van der Waals surface area (Å²) in [6.07, 6.45) is 0.804. The van der Waals surface area contributed by atoms with Crippen LogP contribution in [0.4, 0.5) is 9.59 Å². The third kappa shape index (κ3) is 15.2. The van der Waals surface area contributed by atoms with E-state index in [0.717, 1.165) is 6.42 Å². The summed E-state index contributed by atoms with van der Waals surface area (Å²) in [7, 11) is -2.85. The molecule has 0 aliphatic carbocycles. The van der Waals surface area contributed by atoms with E-state index in [1.807, 2.05) is 20.8 Å². The number of hydrogen-bond donors (Lipinski definition) is 1. The molecule has 0 fully saturated rings. The maximum Gasteiger partial charge on any atom is 0.508 e. The molecule has 0 aromatic rings. The van der Waals surface area contributed by atoms with E-state index >= 15 is 0 Å². The van der Waals surface area contributed by atoms with Crippen LogP contribution in [0, 0.1) is 0 Å². The van der Waals surface area contributed by atoms with Crippen LogP contribution in [0.5, 0.6) is 0 Å². The van der Waals surface area contributed by atoms with Crippen molar-refractivity contribution in [1.82, 2.24) is 0 Å². The Labute approximate surface area is 206 Å². The minimum atomic E-state index is -4.32. The van der Waals surface area contributed by atoms with E-state index in [0.29, 0.717) is 19.3 Å². The normalized spacial score (nSPS) is 13.5. The molecule has 0 rings (SSSR count). The Kier molecular flexibility index (Phi) is 16.7. The van der Waals surface area contributed by atoms with Gasteiger partial charge in [0.2, 0.25) is 0 Å². The van der Waals surface area contributed by atoms with Crippen LogP contribution in [0.1, 0.15) is 53.4 Å². The number of quaternary nitrogens is 1. The van der Waals surface area contributed by atoms with Crippen LogP contribution >= 0.6 is 7.75 Å². The van der Waals surface area contributed by atoms with E-state index in [9.17, 15) is 18.9 Å². The first-order valence-electron chi connectivity index (χ1n) is 11.4. The molecule has 35 heavy (non-hydrogen) atoms. The average Bonchev–Trinajstić information content (AvgIpc) is 2.80. The molecule has 0 heterocycles. The van der Waals surface area contributed by atoms with Crippen LogP contribution < -0.4 is 5.73 Å². The highest BCUT2D eigenvalue weighted by Gasteiger charge is 2.37. The summed E-state index contributed by atoms with van der Waals surface area (Å²) >= 11 is 0. The molecule has 204 valence electrons. The number of carbonyl (C=O) groups excluding carboxylic acids is 3. The van der Waals surface area contributed by atoms with Gasteiger partial charge in [0.15, 0.2) is 0 Å². The van der Waals surface area contributed by atoms with Gasteiger partial charge in [-0.25, -0.2) is 18.9 Å². The molecule has 0 saturated heterocycles. The maximum atomic E-state index is 13.3. The van der Waals surface area contributed by atoms with Gasteiger partial charge in [-0.05, 0) is 12.8 Å². The molecule has 0 aromatic carbocycles. The Bertz CT molecular complexity index is 703. The van der Waals surface area contributed by atoms with Gasteiger partial charge in [0.1, 0.15) is 26.8 Å². The lowest BCUT2D eigenvalue weighted by molar-refractivity contribution is -1.00. The van der Waals surface area contributed by atoms with E-state index in [-0.39, 0.29) is 52.1 Å². The number of hydroxylamine groups is 3. The van der Waals surface area contributed by atoms with Gasteiger partial charge in [0.05, 0.1) is 26.4 Å². The van der Waals surface area contributed by atoms with Crippen LogP contribution in [0.3, 0.4) is 0 Å². The van der Waals surface area contributed by atoms with E-state index < -0.39 is 30.7 Å². The maximum absolute atomic E-state index is 13.3. The molecule has 1 atom stereocenters. The Balaban J connectivity index is 5.35. The van der Waals surface area contributed by atoms with Gasteiger partial charge in [0.25, 0.3) is 0 Å². The predicted octanol–water partition coefficient (Wildman–Crippen LogP) is 3.29. The quantitative estimate of drug-likeness (QED) is 0.0590. The number of nitrogens with two attached hydrogens (primary N) is 1. The van der Waals surface area contributed by atoms with Crippen molar-refractivity contribution in [3.05, 3.63) is 0 Å². The van der Waals surface area contributed by atoms with Gasteiger partial charge in [-0.3, -0.25) is 13.9 Å². The zero-order chi connectivity index (χ0) is 26.7. The SMILES string of the molecule is CCCC[N+](C)(OC(C)=O)C(N)=NP(=O)(OCCOC(=O)OCCC)OCCOC(=O)OCCC. The summed E-state index contributed by atoms with van der Waals surface area (Å²) < 4.78 is 46.2. The molecular weight excluding hydrogens is 489 g/mol. The average molecular weight is 529 g/mol. The zero-order valence-electron chi connectivity index (χ0n) is 21.2. The van der Waals surface area contributed by atoms with E-state index in [1.165, 1.54) is 14.0 Å². The predicted molar refractivity (Wildman–Crippen MR) is 124 cm³/mol. The topological polar surface area (TPSA) is 171 Å². The molecule has 0 radical (unpaired) electrons. The first-order valence-corrected chi connectivity index (χ1v) is 12.9. The van der Waals surface area contributed by atoms with Gasteiger partial charge in [0, 0.05) is 13.3 Å². The molecule has 0 spiro atoms. The molecule has 1 unspecified atom stereocenters. The van der Waals surface area contributed by atoms with Crippen molar-refractivity contribution in [2.24, 2.45) is 10.5 Å². The molecule has 0 amide bonds. The molecule has 0 aromatic heterocycles. The number of guanidine groups is 1. The summed E-state index contributed by atoms with van der Waals surface area (Å²) in [5, 5.41) is 0. The van der Waals surface area contributed by atoms with Crippen molar-refractivity contribution in [1.29, 1.82) is 0 Å². The second-order valence-electron chi connectivity index (χ2n) is 7.25. The second kappa shape index (κ2) is 17.9. The summed E-state index contributed by atoms with van der Waals surface area (Å²) in [6, 6.07) is 0. The van der Waals surface area contributed by atoms with Gasteiger partial charge in [-0.2, -0.15) is 0 Å². The standard InChI is InChI=1S/C20H39N3O11P/c1-6-9-10-23(5,34-17(4)24)18(21)22-35(27,32-15-13-30-19(25)28-11-7-2)33-16-14-31-20(26)29-12-8-3/h6-16H2,1-5H3,(H2,21,22,27)/q+1. The van der Waals surface area contributed by atoms with Crippen molar-refractivity contribution in [3.8, 4) is 0 Å². The molecule has 2 N–H and O–H groups in total. The van der Waals surface area contributed by atoms with Gasteiger partial charge < -0.3 is 24.7 Å². The Hall–Kier alpha value is -2.41. The third-order valence-corrected chi connectivity index (χ3v) is 5.41. The van der Waals surface area contributed by atoms with Crippen LogP contribution in [-0.4, -0.2) is 82.1 Å². The van der Waals surface area contributed by atoms with E-state index in [4.69, 9.17) is 38.6 Å². The molecule has 15 heteroatoms. The molecule has 0 bridgehead atoms. The summed E-state index contributed by atoms with van der Waals surface area (Å²) in [6.45, 7) is 6.04. The molecule has 0 aliphatic heterocycles. The Morgan fingerprint density at radius 2 is 1.26 bits per heavy atom. The van der Waals surface area contributed by atoms with Crippen LogP contribution in [-0.2, 0) is 42.2 Å². The van der Waals surface area contributed by atoms with Crippen molar-refractivity contribution in [3.63, 3.8) is 0 Å². The number of hydrogen-bond acceptors (Lipinski definition) is 11. The fourth-order valence-electron chi connectivity index (χ4n) is 2.27. The van der Waals surface area contributed by atoms with Crippen molar-refractivity contribution in [2.75, 3.05) is 53.2 Å². The van der Waals surface area contributed by atoms with Crippen LogP contribution in [0.2, 0.25) is 0 Å².